The lowest BCUT2D eigenvalue weighted by molar-refractivity contribution is 0.0500. The largest absolute Gasteiger partial charge is 0.444 e. The quantitative estimate of drug-likeness (QED) is 0.847. The van der Waals surface area contributed by atoms with E-state index in [1.54, 1.807) is 0 Å². The lowest BCUT2D eigenvalue weighted by atomic mass is 10.0. The Morgan fingerprint density at radius 3 is 2.87 bits per heavy atom. The van der Waals surface area contributed by atoms with Crippen LogP contribution in [0.25, 0.3) is 0 Å². The molecule has 1 aromatic carbocycles. The van der Waals surface area contributed by atoms with Gasteiger partial charge in [-0.1, -0.05) is 15.9 Å². The smallest absolute Gasteiger partial charge is 0.407 e. The molecule has 1 N–H and O–H groups in total. The van der Waals surface area contributed by atoms with Crippen molar-refractivity contribution in [1.82, 2.24) is 5.32 Å². The lowest BCUT2D eigenvalue weighted by Gasteiger charge is -2.35. The fraction of sp³-hybridized carbons (Fsp3) is 0.529. The number of nitrogens with zero attached hydrogens (tertiary/aromatic N) is 2. The highest BCUT2D eigenvalue weighted by Crippen LogP contribution is 2.27. The van der Waals surface area contributed by atoms with Crippen LogP contribution in [0.4, 0.5) is 10.5 Å². The standard InChI is InChI=1S/C17H22BrN3O2/c1-17(2,3)23-16(22)20-14-5-4-8-21(11-14)15-9-13(18)7-6-12(15)10-19/h6-7,9,14H,4-5,8,11H2,1-3H3,(H,20,22). The SMILES string of the molecule is CC(C)(C)OC(=O)NC1CCCN(c2cc(Br)ccc2C#N)C1. The van der Waals surface area contributed by atoms with Crippen LogP contribution in [-0.4, -0.2) is 30.8 Å². The van der Waals surface area contributed by atoms with E-state index >= 15 is 0 Å². The third-order valence-electron chi connectivity index (χ3n) is 3.56. The Labute approximate surface area is 145 Å². The van der Waals surface area contributed by atoms with Crippen molar-refractivity contribution < 1.29 is 9.53 Å². The molecule has 0 aliphatic carbocycles. The number of hydrogen-bond donors (Lipinski definition) is 1. The van der Waals surface area contributed by atoms with Gasteiger partial charge in [-0.05, 0) is 51.8 Å². The van der Waals surface area contributed by atoms with Gasteiger partial charge < -0.3 is 15.0 Å². The van der Waals surface area contributed by atoms with Gasteiger partial charge in [0.2, 0.25) is 0 Å². The zero-order valence-corrected chi connectivity index (χ0v) is 15.3. The second kappa shape index (κ2) is 7.22. The summed E-state index contributed by atoms with van der Waals surface area (Å²) in [6.45, 7) is 7.09. The van der Waals surface area contributed by atoms with Gasteiger partial charge in [-0.25, -0.2) is 4.79 Å². The van der Waals surface area contributed by atoms with Crippen LogP contribution in [0.15, 0.2) is 22.7 Å². The topological polar surface area (TPSA) is 65.4 Å². The number of alkyl carbamates (subject to hydrolysis) is 1. The van der Waals surface area contributed by atoms with Crippen LogP contribution in [-0.2, 0) is 4.74 Å². The molecule has 2 rings (SSSR count). The van der Waals surface area contributed by atoms with Crippen molar-refractivity contribution in [2.75, 3.05) is 18.0 Å². The predicted molar refractivity (Wildman–Crippen MR) is 93.5 cm³/mol. The van der Waals surface area contributed by atoms with E-state index in [1.165, 1.54) is 0 Å². The maximum Gasteiger partial charge on any atom is 0.407 e. The van der Waals surface area contributed by atoms with Gasteiger partial charge in [-0.2, -0.15) is 5.26 Å². The number of nitrogens with one attached hydrogen (secondary N) is 1. The summed E-state index contributed by atoms with van der Waals surface area (Å²) in [5.74, 6) is 0. The zero-order valence-electron chi connectivity index (χ0n) is 13.7. The third-order valence-corrected chi connectivity index (χ3v) is 4.06. The summed E-state index contributed by atoms with van der Waals surface area (Å²) in [6, 6.07) is 7.88. The molecule has 1 aliphatic rings. The molecular weight excluding hydrogens is 358 g/mol. The van der Waals surface area contributed by atoms with E-state index < -0.39 is 5.60 Å². The number of anilines is 1. The first-order valence-corrected chi connectivity index (χ1v) is 8.52. The van der Waals surface area contributed by atoms with Crippen molar-refractivity contribution in [2.45, 2.75) is 45.3 Å². The molecule has 124 valence electrons. The molecule has 1 unspecified atom stereocenters. The second-order valence-corrected chi connectivity index (χ2v) is 7.62. The average molecular weight is 380 g/mol. The number of benzene rings is 1. The van der Waals surface area contributed by atoms with E-state index in [0.29, 0.717) is 12.1 Å². The van der Waals surface area contributed by atoms with Gasteiger partial charge >= 0.3 is 6.09 Å². The monoisotopic (exact) mass is 379 g/mol. The second-order valence-electron chi connectivity index (χ2n) is 6.70. The number of carbonyl (C=O) groups is 1. The average Bonchev–Trinajstić information content (AvgIpc) is 2.45. The van der Waals surface area contributed by atoms with E-state index in [9.17, 15) is 10.1 Å². The van der Waals surface area contributed by atoms with Gasteiger partial charge in [-0.15, -0.1) is 0 Å². The molecule has 6 heteroatoms. The van der Waals surface area contributed by atoms with Crippen LogP contribution >= 0.6 is 15.9 Å². The summed E-state index contributed by atoms with van der Waals surface area (Å²) < 4.78 is 6.26. The minimum atomic E-state index is -0.503. The summed E-state index contributed by atoms with van der Waals surface area (Å²) in [6.07, 6.45) is 1.47. The molecule has 1 saturated heterocycles. The van der Waals surface area contributed by atoms with Gasteiger partial charge in [0.15, 0.2) is 0 Å². The van der Waals surface area contributed by atoms with E-state index in [1.807, 2.05) is 39.0 Å². The Kier molecular flexibility index (Phi) is 5.53. The van der Waals surface area contributed by atoms with Gasteiger partial charge in [0.05, 0.1) is 11.3 Å². The van der Waals surface area contributed by atoms with Gasteiger partial charge in [-0.3, -0.25) is 0 Å². The molecule has 1 amide bonds. The molecule has 1 aromatic rings. The molecule has 23 heavy (non-hydrogen) atoms. The van der Waals surface area contributed by atoms with Crippen molar-refractivity contribution >= 4 is 27.7 Å². The predicted octanol–water partition coefficient (Wildman–Crippen LogP) is 3.81. The van der Waals surface area contributed by atoms with Crippen LogP contribution in [0.5, 0.6) is 0 Å². The van der Waals surface area contributed by atoms with Crippen LogP contribution in [0.3, 0.4) is 0 Å². The van der Waals surface area contributed by atoms with Crippen molar-refractivity contribution in [3.05, 3.63) is 28.2 Å². The Balaban J connectivity index is 2.06. The van der Waals surface area contributed by atoms with E-state index in [-0.39, 0.29) is 12.1 Å². The zero-order chi connectivity index (χ0) is 17.0. The van der Waals surface area contributed by atoms with Crippen molar-refractivity contribution in [3.63, 3.8) is 0 Å². The molecule has 1 fully saturated rings. The lowest BCUT2D eigenvalue weighted by Crippen LogP contribution is -2.49. The number of amides is 1. The summed E-state index contributed by atoms with van der Waals surface area (Å²) >= 11 is 3.45. The van der Waals surface area contributed by atoms with Crippen molar-refractivity contribution in [3.8, 4) is 6.07 Å². The number of nitriles is 1. The first-order chi connectivity index (χ1) is 10.8. The summed E-state index contributed by atoms with van der Waals surface area (Å²) in [7, 11) is 0. The molecule has 0 bridgehead atoms. The van der Waals surface area contributed by atoms with E-state index in [2.05, 4.69) is 32.2 Å². The van der Waals surface area contributed by atoms with Gasteiger partial charge in [0.1, 0.15) is 11.7 Å². The number of piperidine rings is 1. The molecule has 0 radical (unpaired) electrons. The number of carbonyl (C=O) groups excluding carboxylic acids is 1. The molecule has 1 heterocycles. The maximum absolute atomic E-state index is 11.9. The van der Waals surface area contributed by atoms with Crippen LogP contribution < -0.4 is 10.2 Å². The minimum Gasteiger partial charge on any atom is -0.444 e. The first-order valence-electron chi connectivity index (χ1n) is 7.72. The molecule has 1 aliphatic heterocycles. The first kappa shape index (κ1) is 17.6. The van der Waals surface area contributed by atoms with Crippen LogP contribution in [0.1, 0.15) is 39.2 Å². The molecule has 0 spiro atoms. The highest BCUT2D eigenvalue weighted by Gasteiger charge is 2.25. The number of rotatable bonds is 2. The normalized spacial score (nSPS) is 18.2. The molecule has 5 nitrogen and oxygen atoms in total. The maximum atomic E-state index is 11.9. The molecular formula is C17H22BrN3O2. The highest BCUT2D eigenvalue weighted by atomic mass is 79.9. The van der Waals surface area contributed by atoms with E-state index in [4.69, 9.17) is 4.74 Å². The van der Waals surface area contributed by atoms with E-state index in [0.717, 1.165) is 29.5 Å². The van der Waals surface area contributed by atoms with Gasteiger partial charge in [0, 0.05) is 23.6 Å². The number of halogens is 1. The highest BCUT2D eigenvalue weighted by molar-refractivity contribution is 9.10. The Morgan fingerprint density at radius 1 is 1.48 bits per heavy atom. The van der Waals surface area contributed by atoms with Crippen LogP contribution in [0.2, 0.25) is 0 Å². The molecule has 0 aromatic heterocycles. The van der Waals surface area contributed by atoms with Crippen molar-refractivity contribution in [1.29, 1.82) is 5.26 Å². The molecule has 0 saturated carbocycles. The summed E-state index contributed by atoms with van der Waals surface area (Å²) in [5, 5.41) is 12.2. The van der Waals surface area contributed by atoms with Crippen LogP contribution in [0, 0.1) is 11.3 Å². The summed E-state index contributed by atoms with van der Waals surface area (Å²) in [4.78, 5) is 14.1. The van der Waals surface area contributed by atoms with Gasteiger partial charge in [0.25, 0.3) is 0 Å². The Morgan fingerprint density at radius 2 is 2.22 bits per heavy atom. The third kappa shape index (κ3) is 5.14. The number of ether oxygens (including phenoxy) is 1. The fourth-order valence-electron chi connectivity index (χ4n) is 2.65. The fourth-order valence-corrected chi connectivity index (χ4v) is 3.00. The summed E-state index contributed by atoms with van der Waals surface area (Å²) in [5.41, 5.74) is 1.04. The number of hydrogen-bond acceptors (Lipinski definition) is 4. The van der Waals surface area contributed by atoms with Crippen molar-refractivity contribution in [2.24, 2.45) is 0 Å². The minimum absolute atomic E-state index is 0.0177. The molecule has 1 atom stereocenters. The Bertz CT molecular complexity index is 619. The Hall–Kier alpha value is -1.74.